The third-order valence-electron chi connectivity index (χ3n) is 5.25. The molecule has 2 amide bonds. The average Bonchev–Trinajstić information content (AvgIpc) is 3.23. The van der Waals surface area contributed by atoms with Crippen molar-refractivity contribution in [3.63, 3.8) is 0 Å². The molecule has 8 nitrogen and oxygen atoms in total. The normalized spacial score (nSPS) is 18.8. The summed E-state index contributed by atoms with van der Waals surface area (Å²) < 4.78 is 40.1. The second-order valence-electron chi connectivity index (χ2n) is 7.33. The van der Waals surface area contributed by atoms with Crippen molar-refractivity contribution in [1.82, 2.24) is 10.2 Å². The lowest BCUT2D eigenvalue weighted by Gasteiger charge is -2.22. The molecule has 4 rings (SSSR count). The number of ether oxygens (including phenoxy) is 3. The largest absolute Gasteiger partial charge is 0.467 e. The standard InChI is InChI=1S/C22H20F2N2O6S/c1-30-21(29)14-9-13(31-22(23)24)11-26(14)19(27)10-25-20(28)12-6-7-18-16(8-12)32-15-4-2-3-5-17(15)33-18/h2-8,13-14,22H,9-11H2,1H3,(H,25,28)/t13-,14+/m1/s1. The van der Waals surface area contributed by atoms with E-state index in [0.717, 1.165) is 21.8 Å². The molecule has 2 atom stereocenters. The summed E-state index contributed by atoms with van der Waals surface area (Å²) in [6.07, 6.45) is -1.12. The highest BCUT2D eigenvalue weighted by Gasteiger charge is 2.41. The lowest BCUT2D eigenvalue weighted by Crippen LogP contribution is -2.46. The van der Waals surface area contributed by atoms with Crippen LogP contribution in [0.25, 0.3) is 0 Å². The maximum Gasteiger partial charge on any atom is 0.345 e. The molecule has 0 unspecified atom stereocenters. The molecule has 33 heavy (non-hydrogen) atoms. The highest BCUT2D eigenvalue weighted by Crippen LogP contribution is 2.46. The van der Waals surface area contributed by atoms with Crippen molar-refractivity contribution in [3.8, 4) is 11.5 Å². The zero-order chi connectivity index (χ0) is 23.5. The van der Waals surface area contributed by atoms with E-state index in [9.17, 15) is 23.2 Å². The molecule has 0 aliphatic carbocycles. The Morgan fingerprint density at radius 3 is 2.70 bits per heavy atom. The second-order valence-corrected chi connectivity index (χ2v) is 8.42. The summed E-state index contributed by atoms with van der Waals surface area (Å²) in [6, 6.07) is 11.4. The van der Waals surface area contributed by atoms with Crippen LogP contribution in [-0.4, -0.2) is 61.6 Å². The third kappa shape index (κ3) is 5.09. The number of halogens is 2. The van der Waals surface area contributed by atoms with E-state index in [4.69, 9.17) is 4.74 Å². The first kappa shape index (κ1) is 23.0. The minimum Gasteiger partial charge on any atom is -0.467 e. The van der Waals surface area contributed by atoms with Crippen LogP contribution in [0, 0.1) is 0 Å². The van der Waals surface area contributed by atoms with Crippen molar-refractivity contribution < 1.29 is 37.4 Å². The number of hydrogen-bond donors (Lipinski definition) is 1. The van der Waals surface area contributed by atoms with E-state index in [0.29, 0.717) is 11.5 Å². The number of carbonyl (C=O) groups excluding carboxylic acids is 3. The number of nitrogens with one attached hydrogen (secondary N) is 1. The third-order valence-corrected chi connectivity index (χ3v) is 6.36. The Morgan fingerprint density at radius 2 is 1.94 bits per heavy atom. The Bertz CT molecular complexity index is 1080. The van der Waals surface area contributed by atoms with Crippen molar-refractivity contribution in [1.29, 1.82) is 0 Å². The summed E-state index contributed by atoms with van der Waals surface area (Å²) in [7, 11) is 1.14. The Labute approximate surface area is 192 Å². The molecular formula is C22H20F2N2O6S. The molecule has 0 aromatic heterocycles. The van der Waals surface area contributed by atoms with Gasteiger partial charge < -0.3 is 24.4 Å². The number of nitrogens with zero attached hydrogens (tertiary/aromatic N) is 1. The van der Waals surface area contributed by atoms with Crippen LogP contribution in [0.4, 0.5) is 8.78 Å². The van der Waals surface area contributed by atoms with Gasteiger partial charge in [-0.15, -0.1) is 0 Å². The lowest BCUT2D eigenvalue weighted by atomic mass is 10.2. The van der Waals surface area contributed by atoms with Gasteiger partial charge in [-0.05, 0) is 30.3 Å². The maximum absolute atomic E-state index is 12.6. The minimum absolute atomic E-state index is 0.113. The first-order valence-electron chi connectivity index (χ1n) is 10.0. The monoisotopic (exact) mass is 478 g/mol. The van der Waals surface area contributed by atoms with Gasteiger partial charge in [0.1, 0.15) is 17.5 Å². The van der Waals surface area contributed by atoms with Gasteiger partial charge in [0.05, 0.1) is 29.5 Å². The molecule has 0 bridgehead atoms. The Balaban J connectivity index is 1.39. The molecule has 2 aliphatic rings. The van der Waals surface area contributed by atoms with Crippen LogP contribution in [0.5, 0.6) is 11.5 Å². The molecule has 1 N–H and O–H groups in total. The fourth-order valence-electron chi connectivity index (χ4n) is 3.71. The van der Waals surface area contributed by atoms with E-state index in [1.807, 2.05) is 24.3 Å². The second kappa shape index (κ2) is 9.75. The van der Waals surface area contributed by atoms with E-state index in [2.05, 4.69) is 14.8 Å². The van der Waals surface area contributed by atoms with Crippen LogP contribution in [0.2, 0.25) is 0 Å². The average molecular weight is 478 g/mol. The van der Waals surface area contributed by atoms with E-state index in [1.54, 1.807) is 18.2 Å². The molecule has 0 spiro atoms. The number of esters is 1. The number of likely N-dealkylation sites (tertiary alicyclic amines) is 1. The fourth-order valence-corrected chi connectivity index (χ4v) is 4.64. The number of amides is 2. The highest BCUT2D eigenvalue weighted by atomic mass is 32.2. The van der Waals surface area contributed by atoms with Crippen molar-refractivity contribution in [2.24, 2.45) is 0 Å². The number of fused-ring (bicyclic) bond motifs is 2. The highest BCUT2D eigenvalue weighted by molar-refractivity contribution is 7.99. The lowest BCUT2D eigenvalue weighted by molar-refractivity contribution is -0.160. The van der Waals surface area contributed by atoms with Gasteiger partial charge in [-0.3, -0.25) is 9.59 Å². The fraction of sp³-hybridized carbons (Fsp3) is 0.318. The summed E-state index contributed by atoms with van der Waals surface area (Å²) in [5.41, 5.74) is 0.284. The summed E-state index contributed by atoms with van der Waals surface area (Å²) in [6.45, 7) is -3.66. The summed E-state index contributed by atoms with van der Waals surface area (Å²) in [4.78, 5) is 40.1. The number of para-hydroxylation sites is 1. The zero-order valence-electron chi connectivity index (χ0n) is 17.5. The number of benzene rings is 2. The predicted molar refractivity (Wildman–Crippen MR) is 112 cm³/mol. The first-order valence-corrected chi connectivity index (χ1v) is 10.8. The molecule has 0 radical (unpaired) electrons. The van der Waals surface area contributed by atoms with Gasteiger partial charge >= 0.3 is 12.6 Å². The Morgan fingerprint density at radius 1 is 1.18 bits per heavy atom. The van der Waals surface area contributed by atoms with Gasteiger partial charge in [-0.25, -0.2) is 4.79 Å². The van der Waals surface area contributed by atoms with Crippen molar-refractivity contribution in [2.45, 2.75) is 35.0 Å². The summed E-state index contributed by atoms with van der Waals surface area (Å²) in [5, 5.41) is 2.50. The summed E-state index contributed by atoms with van der Waals surface area (Å²) >= 11 is 1.52. The number of rotatable bonds is 6. The van der Waals surface area contributed by atoms with Gasteiger partial charge in [0.15, 0.2) is 0 Å². The quantitative estimate of drug-likeness (QED) is 0.544. The maximum atomic E-state index is 12.6. The molecule has 0 saturated carbocycles. The van der Waals surface area contributed by atoms with Gasteiger partial charge in [0.25, 0.3) is 5.91 Å². The molecule has 11 heteroatoms. The van der Waals surface area contributed by atoms with Gasteiger partial charge in [-0.2, -0.15) is 8.78 Å². The molecule has 1 saturated heterocycles. The van der Waals surface area contributed by atoms with Gasteiger partial charge in [0, 0.05) is 18.5 Å². The van der Waals surface area contributed by atoms with Gasteiger partial charge in [-0.1, -0.05) is 23.9 Å². The van der Waals surface area contributed by atoms with Crippen LogP contribution in [0.3, 0.4) is 0 Å². The summed E-state index contributed by atoms with van der Waals surface area (Å²) in [5.74, 6) is -0.661. The van der Waals surface area contributed by atoms with Gasteiger partial charge in [0.2, 0.25) is 5.91 Å². The van der Waals surface area contributed by atoms with Crippen LogP contribution < -0.4 is 10.1 Å². The molecule has 2 heterocycles. The number of alkyl halides is 2. The predicted octanol–water partition coefficient (Wildman–Crippen LogP) is 3.06. The SMILES string of the molecule is COC(=O)[C@@H]1C[C@@H](OC(F)F)CN1C(=O)CNC(=O)c1ccc2c(c1)Oc1ccccc1S2. The number of carbonyl (C=O) groups is 3. The molecule has 1 fully saturated rings. The number of hydrogen-bond acceptors (Lipinski definition) is 7. The zero-order valence-corrected chi connectivity index (χ0v) is 18.3. The first-order chi connectivity index (χ1) is 15.9. The van der Waals surface area contributed by atoms with Crippen LogP contribution >= 0.6 is 11.8 Å². The number of methoxy groups -OCH3 is 1. The minimum atomic E-state index is -3.03. The van der Waals surface area contributed by atoms with E-state index in [-0.39, 0.29) is 18.5 Å². The van der Waals surface area contributed by atoms with E-state index < -0.39 is 43.1 Å². The molecule has 2 aromatic rings. The molecular weight excluding hydrogens is 458 g/mol. The molecule has 174 valence electrons. The van der Waals surface area contributed by atoms with Crippen molar-refractivity contribution in [3.05, 3.63) is 48.0 Å². The molecule has 2 aliphatic heterocycles. The Kier molecular flexibility index (Phi) is 6.80. The topological polar surface area (TPSA) is 94.2 Å². The van der Waals surface area contributed by atoms with E-state index >= 15 is 0 Å². The van der Waals surface area contributed by atoms with Crippen LogP contribution in [0.1, 0.15) is 16.8 Å². The smallest absolute Gasteiger partial charge is 0.345 e. The Hall–Kier alpha value is -3.18. The van der Waals surface area contributed by atoms with E-state index in [1.165, 1.54) is 11.8 Å². The van der Waals surface area contributed by atoms with Crippen molar-refractivity contribution >= 4 is 29.5 Å². The van der Waals surface area contributed by atoms with Crippen LogP contribution in [-0.2, 0) is 19.1 Å². The van der Waals surface area contributed by atoms with Crippen molar-refractivity contribution in [2.75, 3.05) is 20.2 Å². The van der Waals surface area contributed by atoms with Crippen LogP contribution in [0.15, 0.2) is 52.3 Å². The molecule has 2 aromatic carbocycles.